The molecular weight excluding hydrogens is 360 g/mol. The number of nitrogens with one attached hydrogen (secondary N) is 1. The van der Waals surface area contributed by atoms with Crippen molar-refractivity contribution in [2.45, 2.75) is 6.92 Å². The number of hydrogen-bond donors (Lipinski definition) is 2. The van der Waals surface area contributed by atoms with Crippen molar-refractivity contribution in [1.82, 2.24) is 0 Å². The number of aromatic carboxylic acids is 1. The molecule has 0 aromatic heterocycles. The third-order valence-electron chi connectivity index (χ3n) is 2.67. The van der Waals surface area contributed by atoms with Gasteiger partial charge < -0.3 is 10.4 Å². The van der Waals surface area contributed by atoms with Crippen molar-refractivity contribution in [2.24, 2.45) is 0 Å². The van der Waals surface area contributed by atoms with Crippen molar-refractivity contribution in [3.05, 3.63) is 56.9 Å². The number of carbonyl (C=O) groups is 1. The van der Waals surface area contributed by atoms with E-state index in [0.717, 1.165) is 20.5 Å². The fourth-order valence-electron chi connectivity index (χ4n) is 1.67. The van der Waals surface area contributed by atoms with E-state index in [1.807, 2.05) is 29.5 Å². The molecule has 0 saturated heterocycles. The number of carboxylic acids is 1. The molecule has 2 aromatic carbocycles. The number of carboxylic acid groups (broad SMARTS) is 1. The van der Waals surface area contributed by atoms with E-state index >= 15 is 0 Å². The largest absolute Gasteiger partial charge is 0.478 e. The number of aryl methyl sites for hydroxylation is 1. The topological polar surface area (TPSA) is 49.3 Å². The Hall–Kier alpha value is -1.63. The van der Waals surface area contributed by atoms with E-state index in [4.69, 9.17) is 5.11 Å². The summed E-state index contributed by atoms with van der Waals surface area (Å²) < 4.78 is 13.8. The molecule has 0 aliphatic rings. The Balaban J connectivity index is 2.31. The molecule has 0 aliphatic carbocycles. The summed E-state index contributed by atoms with van der Waals surface area (Å²) in [5, 5.41) is 12.1. The Labute approximate surface area is 123 Å². The lowest BCUT2D eigenvalue weighted by Crippen LogP contribution is -2.00. The molecule has 0 aliphatic heterocycles. The minimum atomic E-state index is -0.953. The van der Waals surface area contributed by atoms with Gasteiger partial charge in [0, 0.05) is 9.26 Å². The zero-order valence-corrected chi connectivity index (χ0v) is 12.2. The molecule has 0 atom stereocenters. The second-order valence-electron chi connectivity index (χ2n) is 4.08. The van der Waals surface area contributed by atoms with Crippen LogP contribution in [0.3, 0.4) is 0 Å². The molecule has 3 nitrogen and oxygen atoms in total. The SMILES string of the molecule is Cc1cc(C(=O)O)ccc1Nc1ccc(F)cc1I. The van der Waals surface area contributed by atoms with Crippen LogP contribution in [0.5, 0.6) is 0 Å². The summed E-state index contributed by atoms with van der Waals surface area (Å²) in [5.74, 6) is -1.24. The number of benzene rings is 2. The summed E-state index contributed by atoms with van der Waals surface area (Å²) in [7, 11) is 0. The molecule has 98 valence electrons. The maximum absolute atomic E-state index is 13.0. The van der Waals surface area contributed by atoms with Crippen LogP contribution in [-0.4, -0.2) is 11.1 Å². The molecule has 0 heterocycles. The van der Waals surface area contributed by atoms with Gasteiger partial charge in [0.25, 0.3) is 0 Å². The first-order valence-corrected chi connectivity index (χ1v) is 6.61. The molecule has 0 amide bonds. The third kappa shape index (κ3) is 3.23. The van der Waals surface area contributed by atoms with Crippen molar-refractivity contribution in [1.29, 1.82) is 0 Å². The normalized spacial score (nSPS) is 10.3. The zero-order valence-electron chi connectivity index (χ0n) is 10.1. The van der Waals surface area contributed by atoms with Crippen molar-refractivity contribution in [3.8, 4) is 0 Å². The number of hydrogen-bond acceptors (Lipinski definition) is 2. The van der Waals surface area contributed by atoms with Crippen molar-refractivity contribution < 1.29 is 14.3 Å². The summed E-state index contributed by atoms with van der Waals surface area (Å²) in [6.07, 6.45) is 0. The van der Waals surface area contributed by atoms with Crippen LogP contribution in [0.2, 0.25) is 0 Å². The predicted molar refractivity (Wildman–Crippen MR) is 80.5 cm³/mol. The molecule has 0 saturated carbocycles. The minimum absolute atomic E-state index is 0.247. The first kappa shape index (κ1) is 13.8. The summed E-state index contributed by atoms with van der Waals surface area (Å²) >= 11 is 2.05. The van der Waals surface area contributed by atoms with Crippen molar-refractivity contribution in [2.75, 3.05) is 5.32 Å². The number of rotatable bonds is 3. The molecule has 0 fully saturated rings. The lowest BCUT2D eigenvalue weighted by atomic mass is 10.1. The highest BCUT2D eigenvalue weighted by molar-refractivity contribution is 14.1. The highest BCUT2D eigenvalue weighted by Crippen LogP contribution is 2.26. The molecule has 19 heavy (non-hydrogen) atoms. The smallest absolute Gasteiger partial charge is 0.335 e. The van der Waals surface area contributed by atoms with E-state index in [1.165, 1.54) is 18.2 Å². The molecule has 0 radical (unpaired) electrons. The van der Waals surface area contributed by atoms with Crippen LogP contribution in [0.4, 0.5) is 15.8 Å². The van der Waals surface area contributed by atoms with Crippen LogP contribution < -0.4 is 5.32 Å². The van der Waals surface area contributed by atoms with Crippen LogP contribution in [0.25, 0.3) is 0 Å². The summed E-state index contributed by atoms with van der Waals surface area (Å²) in [6.45, 7) is 1.82. The molecule has 0 unspecified atom stereocenters. The van der Waals surface area contributed by atoms with Crippen LogP contribution in [-0.2, 0) is 0 Å². The predicted octanol–water partition coefficient (Wildman–Crippen LogP) is 4.18. The van der Waals surface area contributed by atoms with Crippen LogP contribution in [0.1, 0.15) is 15.9 Å². The van der Waals surface area contributed by atoms with Crippen LogP contribution >= 0.6 is 22.6 Å². The van der Waals surface area contributed by atoms with Crippen LogP contribution in [0.15, 0.2) is 36.4 Å². The second-order valence-corrected chi connectivity index (χ2v) is 5.25. The van der Waals surface area contributed by atoms with Crippen LogP contribution in [0, 0.1) is 16.3 Å². The number of halogens is 2. The van der Waals surface area contributed by atoms with E-state index in [9.17, 15) is 9.18 Å². The summed E-state index contributed by atoms with van der Waals surface area (Å²) in [5.41, 5.74) is 2.65. The highest BCUT2D eigenvalue weighted by Gasteiger charge is 2.07. The van der Waals surface area contributed by atoms with Gasteiger partial charge in [0.1, 0.15) is 5.82 Å². The van der Waals surface area contributed by atoms with Gasteiger partial charge in [0.2, 0.25) is 0 Å². The van der Waals surface area contributed by atoms with E-state index < -0.39 is 5.97 Å². The molecule has 5 heteroatoms. The fraction of sp³-hybridized carbons (Fsp3) is 0.0714. The fourth-order valence-corrected chi connectivity index (χ4v) is 2.29. The van der Waals surface area contributed by atoms with E-state index in [2.05, 4.69) is 5.32 Å². The van der Waals surface area contributed by atoms with E-state index in [-0.39, 0.29) is 11.4 Å². The lowest BCUT2D eigenvalue weighted by molar-refractivity contribution is 0.0697. The zero-order chi connectivity index (χ0) is 14.0. The molecule has 2 rings (SSSR count). The molecular formula is C14H11FINO2. The van der Waals surface area contributed by atoms with Gasteiger partial charge in [-0.2, -0.15) is 0 Å². The Morgan fingerprint density at radius 1 is 1.21 bits per heavy atom. The van der Waals surface area contributed by atoms with Gasteiger partial charge in [-0.1, -0.05) is 0 Å². The van der Waals surface area contributed by atoms with Gasteiger partial charge in [-0.15, -0.1) is 0 Å². The highest BCUT2D eigenvalue weighted by atomic mass is 127. The number of anilines is 2. The van der Waals surface area contributed by atoms with Gasteiger partial charge in [0.15, 0.2) is 0 Å². The monoisotopic (exact) mass is 371 g/mol. The Morgan fingerprint density at radius 2 is 1.89 bits per heavy atom. The summed E-state index contributed by atoms with van der Waals surface area (Å²) in [6, 6.07) is 9.31. The first-order valence-electron chi connectivity index (χ1n) is 5.53. The van der Waals surface area contributed by atoms with Gasteiger partial charge in [-0.3, -0.25) is 0 Å². The van der Waals surface area contributed by atoms with Gasteiger partial charge in [-0.05, 0) is 71.5 Å². The van der Waals surface area contributed by atoms with E-state index in [1.54, 1.807) is 18.2 Å². The molecule has 0 bridgehead atoms. The van der Waals surface area contributed by atoms with Crippen molar-refractivity contribution in [3.63, 3.8) is 0 Å². The standard InChI is InChI=1S/C14H11FINO2/c1-8-6-9(14(18)19)2-4-12(8)17-13-5-3-10(15)7-11(13)16/h2-7,17H,1H3,(H,18,19). The Kier molecular flexibility index (Phi) is 4.04. The van der Waals surface area contributed by atoms with Gasteiger partial charge in [-0.25, -0.2) is 9.18 Å². The van der Waals surface area contributed by atoms with Crippen molar-refractivity contribution >= 4 is 39.9 Å². The average molecular weight is 371 g/mol. The van der Waals surface area contributed by atoms with Gasteiger partial charge in [0.05, 0.1) is 11.3 Å². The Bertz CT molecular complexity index is 643. The maximum atomic E-state index is 13.0. The lowest BCUT2D eigenvalue weighted by Gasteiger charge is -2.11. The van der Waals surface area contributed by atoms with Gasteiger partial charge >= 0.3 is 5.97 Å². The first-order chi connectivity index (χ1) is 8.97. The average Bonchev–Trinajstić information content (AvgIpc) is 2.34. The van der Waals surface area contributed by atoms with E-state index in [0.29, 0.717) is 0 Å². The minimum Gasteiger partial charge on any atom is -0.478 e. The summed E-state index contributed by atoms with van der Waals surface area (Å²) in [4.78, 5) is 10.9. The second kappa shape index (κ2) is 5.56. The molecule has 0 spiro atoms. The molecule has 2 aromatic rings. The molecule has 2 N–H and O–H groups in total. The Morgan fingerprint density at radius 3 is 2.47 bits per heavy atom. The third-order valence-corrected chi connectivity index (χ3v) is 3.57. The quantitative estimate of drug-likeness (QED) is 0.796. The maximum Gasteiger partial charge on any atom is 0.335 e.